The van der Waals surface area contributed by atoms with E-state index in [1.54, 1.807) is 0 Å². The molecule has 0 aliphatic rings. The van der Waals surface area contributed by atoms with Crippen molar-refractivity contribution in [3.05, 3.63) is 0 Å². The second-order valence-corrected chi connectivity index (χ2v) is 0.559. The van der Waals surface area contributed by atoms with Crippen LogP contribution in [0, 0.1) is 0 Å². The van der Waals surface area contributed by atoms with E-state index in [2.05, 4.69) is 0 Å². The van der Waals surface area contributed by atoms with Crippen LogP contribution in [0.3, 0.4) is 0 Å². The molecule has 0 aliphatic heterocycles. The highest BCUT2D eigenvalue weighted by atomic mass is 15.0. The molecule has 0 spiro atoms. The lowest BCUT2D eigenvalue weighted by Crippen LogP contribution is -1.99. The van der Waals surface area contributed by atoms with E-state index in [1.165, 1.54) is 0 Å². The predicted molar refractivity (Wildman–Crippen MR) is 19.6 cm³/mol. The van der Waals surface area contributed by atoms with Crippen molar-refractivity contribution in [3.63, 3.8) is 0 Å². The Kier molecular flexibility index (Phi) is 0.140. The van der Waals surface area contributed by atoms with E-state index in [-0.39, 0.29) is 0 Å². The molecular formula is C3H9N. The van der Waals surface area contributed by atoms with Gasteiger partial charge in [0, 0.05) is 8.22 Å². The first kappa shape index (κ1) is 0.432. The van der Waals surface area contributed by atoms with Gasteiger partial charge in [-0.15, -0.1) is 0 Å². The summed E-state index contributed by atoms with van der Waals surface area (Å²) in [7, 11) is 1.04. The van der Waals surface area contributed by atoms with Gasteiger partial charge in [0.1, 0.15) is 0 Å². The van der Waals surface area contributed by atoms with E-state index in [0.29, 0.717) is 4.90 Å². The quantitative estimate of drug-likeness (QED) is 0.389. The number of rotatable bonds is 0. The van der Waals surface area contributed by atoms with Crippen LogP contribution in [0.1, 0.15) is 8.22 Å². The summed E-state index contributed by atoms with van der Waals surface area (Å²) < 4.78 is 40.2. The van der Waals surface area contributed by atoms with Crippen LogP contribution in [0.25, 0.3) is 0 Å². The average Bonchev–Trinajstić information content (AvgIpc) is 1.59. The van der Waals surface area contributed by atoms with Gasteiger partial charge in [0.25, 0.3) is 0 Å². The number of hydrogen-bond donors (Lipinski definition) is 0. The maximum Gasteiger partial charge on any atom is 0.0394 e. The Morgan fingerprint density at radius 1 is 1.75 bits per heavy atom. The molecule has 0 fully saturated rings. The minimum absolute atomic E-state index is 0.375. The standard InChI is InChI=1S/C3H9N/c1-4(2)3/h1-3H3/i1D3,2D3. The molecule has 0 bridgehead atoms. The van der Waals surface area contributed by atoms with Crippen molar-refractivity contribution in [2.24, 2.45) is 0 Å². The summed E-state index contributed by atoms with van der Waals surface area (Å²) in [6.45, 7) is -5.07. The summed E-state index contributed by atoms with van der Waals surface area (Å²) in [5.41, 5.74) is 0. The Bertz CT molecular complexity index is 97.1. The van der Waals surface area contributed by atoms with E-state index in [4.69, 9.17) is 8.22 Å². The first-order chi connectivity index (χ1) is 4.15. The van der Waals surface area contributed by atoms with Crippen LogP contribution in [0.5, 0.6) is 0 Å². The van der Waals surface area contributed by atoms with Crippen LogP contribution in [0.4, 0.5) is 0 Å². The van der Waals surface area contributed by atoms with Crippen LogP contribution in [0.2, 0.25) is 0 Å². The Morgan fingerprint density at radius 3 is 2.25 bits per heavy atom. The maximum absolute atomic E-state index is 6.69. The van der Waals surface area contributed by atoms with Gasteiger partial charge < -0.3 is 4.90 Å². The van der Waals surface area contributed by atoms with Crippen LogP contribution < -0.4 is 0 Å². The molecule has 0 aromatic carbocycles. The van der Waals surface area contributed by atoms with Gasteiger partial charge in [0.05, 0.1) is 0 Å². The summed E-state index contributed by atoms with van der Waals surface area (Å²) in [5.74, 6) is 0. The molecule has 1 heteroatoms. The normalized spacial score (nSPS) is 37.5. The fourth-order valence-electron chi connectivity index (χ4n) is 0. The summed E-state index contributed by atoms with van der Waals surface area (Å²) in [4.78, 5) is 0.375. The van der Waals surface area contributed by atoms with Crippen LogP contribution in [-0.4, -0.2) is 25.9 Å². The smallest absolute Gasteiger partial charge is 0.0394 e. The SMILES string of the molecule is [2H]C([2H])([2H])N(C)C([2H])([2H])[2H]. The summed E-state index contributed by atoms with van der Waals surface area (Å²) in [6.07, 6.45) is 0. The molecular weight excluding hydrogens is 50.0 g/mol. The molecule has 0 heterocycles. The van der Waals surface area contributed by atoms with E-state index in [9.17, 15) is 0 Å². The van der Waals surface area contributed by atoms with Crippen molar-refractivity contribution in [2.75, 3.05) is 21.0 Å². The van der Waals surface area contributed by atoms with Gasteiger partial charge in [0.2, 0.25) is 0 Å². The highest BCUT2D eigenvalue weighted by Gasteiger charge is 1.58. The van der Waals surface area contributed by atoms with Crippen molar-refractivity contribution in [1.29, 1.82) is 0 Å². The molecule has 0 rings (SSSR count). The molecule has 1 nitrogen and oxygen atoms in total. The van der Waals surface area contributed by atoms with Crippen molar-refractivity contribution in [1.82, 2.24) is 4.90 Å². The zero-order valence-electron chi connectivity index (χ0n) is 8.45. The molecule has 4 heavy (non-hydrogen) atoms. The predicted octanol–water partition coefficient (Wildman–Crippen LogP) is 0.178. The largest absolute Gasteiger partial charge is 0.312 e. The van der Waals surface area contributed by atoms with Crippen molar-refractivity contribution in [3.8, 4) is 0 Å². The topological polar surface area (TPSA) is 3.24 Å². The minimum atomic E-state index is -2.54. The molecule has 0 N–H and O–H groups in total. The molecule has 0 aliphatic carbocycles. The second-order valence-electron chi connectivity index (χ2n) is 0.559. The molecule has 0 amide bonds. The molecule has 0 aromatic heterocycles. The lowest BCUT2D eigenvalue weighted by atomic mass is 11.0. The third-order valence-electron chi connectivity index (χ3n) is 0. The summed E-state index contributed by atoms with van der Waals surface area (Å²) in [5, 5.41) is 0. The molecule has 0 saturated heterocycles. The molecule has 0 radical (unpaired) electrons. The first-order valence-corrected chi connectivity index (χ1v) is 0.894. The minimum Gasteiger partial charge on any atom is -0.312 e. The highest BCUT2D eigenvalue weighted by molar-refractivity contribution is 4.09. The van der Waals surface area contributed by atoms with Gasteiger partial charge in [-0.05, 0) is 21.0 Å². The zero-order valence-corrected chi connectivity index (χ0v) is 2.45. The molecule has 26 valence electrons. The maximum atomic E-state index is 6.69. The fraction of sp³-hybridized carbons (Fsp3) is 1.00. The van der Waals surface area contributed by atoms with Gasteiger partial charge in [0.15, 0.2) is 0 Å². The van der Waals surface area contributed by atoms with Crippen LogP contribution in [0.15, 0.2) is 0 Å². The highest BCUT2D eigenvalue weighted by Crippen LogP contribution is 1.47. The van der Waals surface area contributed by atoms with Gasteiger partial charge in [-0.25, -0.2) is 0 Å². The van der Waals surface area contributed by atoms with Gasteiger partial charge in [-0.3, -0.25) is 0 Å². The molecule has 0 atom stereocenters. The van der Waals surface area contributed by atoms with Gasteiger partial charge >= 0.3 is 0 Å². The molecule has 0 saturated carbocycles. The van der Waals surface area contributed by atoms with E-state index >= 15 is 0 Å². The van der Waals surface area contributed by atoms with Crippen molar-refractivity contribution in [2.45, 2.75) is 0 Å². The van der Waals surface area contributed by atoms with E-state index < -0.39 is 14.0 Å². The van der Waals surface area contributed by atoms with E-state index in [1.807, 2.05) is 0 Å². The first-order valence-electron chi connectivity index (χ1n) is 3.89. The summed E-state index contributed by atoms with van der Waals surface area (Å²) in [6, 6.07) is 0. The monoisotopic (exact) mass is 65.1 g/mol. The second kappa shape index (κ2) is 1.30. The number of nitrogens with zero attached hydrogens (tertiary/aromatic N) is 1. The van der Waals surface area contributed by atoms with Crippen molar-refractivity contribution < 1.29 is 8.22 Å². The van der Waals surface area contributed by atoms with Crippen LogP contribution in [-0.2, 0) is 0 Å². The Hall–Kier alpha value is -0.0400. The Labute approximate surface area is 35.7 Å². The van der Waals surface area contributed by atoms with E-state index in [0.717, 1.165) is 7.05 Å². The number of hydrogen-bond acceptors (Lipinski definition) is 1. The average molecular weight is 65.1 g/mol. The summed E-state index contributed by atoms with van der Waals surface area (Å²) >= 11 is 0. The fourth-order valence-corrected chi connectivity index (χ4v) is 0. The molecule has 0 aromatic rings. The van der Waals surface area contributed by atoms with Gasteiger partial charge in [-0.1, -0.05) is 0 Å². The lowest BCUT2D eigenvalue weighted by molar-refractivity contribution is 0.505. The Morgan fingerprint density at radius 2 is 2.25 bits per heavy atom. The molecule has 0 unspecified atom stereocenters. The Balaban J connectivity index is 4.23. The van der Waals surface area contributed by atoms with Gasteiger partial charge in [-0.2, -0.15) is 0 Å². The van der Waals surface area contributed by atoms with Crippen LogP contribution >= 0.6 is 0 Å². The lowest BCUT2D eigenvalue weighted by Gasteiger charge is -1.90. The zero-order chi connectivity index (χ0) is 8.58. The third-order valence-corrected chi connectivity index (χ3v) is 0. The third kappa shape index (κ3) is 1130. The van der Waals surface area contributed by atoms with Crippen molar-refractivity contribution >= 4 is 0 Å².